The second-order valence-corrected chi connectivity index (χ2v) is 8.51. The lowest BCUT2D eigenvalue weighted by Crippen LogP contribution is -2.35. The van der Waals surface area contributed by atoms with E-state index < -0.39 is 0 Å². The first-order valence-electron chi connectivity index (χ1n) is 11.2. The number of nitrogens with one attached hydrogen (secondary N) is 2. The Bertz CT molecular complexity index is 1240. The molecular formula is C23H27N9O. The standard InChI is InChI=1S/C23H27N9O/c24-20-10-19(22-23(27-20)29-30-28-22)9-18-12-26-32(14-18)13-17-5-3-16(4-6-17)11-25-21(33)15-31-7-1-2-8-31/h3-6,10,12,14H,1-2,7-9,11,13,15H2,(H,25,33)(H3,24,27,28,29,30). The minimum absolute atomic E-state index is 0.0869. The summed E-state index contributed by atoms with van der Waals surface area (Å²) in [7, 11) is 0. The number of aromatic nitrogens is 6. The second kappa shape index (κ2) is 9.37. The van der Waals surface area contributed by atoms with Gasteiger partial charge in [0.15, 0.2) is 5.65 Å². The SMILES string of the molecule is Nc1cc(Cc2cnn(Cc3ccc(CNC(=O)CN4CCCC4)cc3)c2)c2nn[nH]c2n1. The van der Waals surface area contributed by atoms with E-state index in [1.54, 1.807) is 0 Å². The van der Waals surface area contributed by atoms with E-state index in [4.69, 9.17) is 5.73 Å². The number of anilines is 1. The van der Waals surface area contributed by atoms with Gasteiger partial charge in [-0.15, -0.1) is 5.10 Å². The molecule has 5 rings (SSSR count). The van der Waals surface area contributed by atoms with Gasteiger partial charge in [-0.3, -0.25) is 14.4 Å². The summed E-state index contributed by atoms with van der Waals surface area (Å²) in [4.78, 5) is 18.5. The van der Waals surface area contributed by atoms with Gasteiger partial charge in [-0.2, -0.15) is 5.10 Å². The Kier molecular flexibility index (Phi) is 5.99. The van der Waals surface area contributed by atoms with E-state index in [0.29, 0.717) is 37.5 Å². The molecule has 4 aromatic rings. The van der Waals surface area contributed by atoms with Crippen molar-refractivity contribution in [1.29, 1.82) is 0 Å². The number of rotatable bonds is 8. The van der Waals surface area contributed by atoms with Gasteiger partial charge in [0, 0.05) is 19.2 Å². The fraction of sp³-hybridized carbons (Fsp3) is 0.348. The van der Waals surface area contributed by atoms with Crippen molar-refractivity contribution in [2.45, 2.75) is 32.4 Å². The van der Waals surface area contributed by atoms with Crippen molar-refractivity contribution in [3.8, 4) is 0 Å². The minimum atomic E-state index is 0.0869. The summed E-state index contributed by atoms with van der Waals surface area (Å²) in [6.45, 7) is 3.76. The largest absolute Gasteiger partial charge is 0.384 e. The number of nitrogens with two attached hydrogens (primary N) is 1. The lowest BCUT2D eigenvalue weighted by atomic mass is 10.1. The van der Waals surface area contributed by atoms with Gasteiger partial charge in [-0.1, -0.05) is 29.5 Å². The zero-order valence-corrected chi connectivity index (χ0v) is 18.4. The van der Waals surface area contributed by atoms with Crippen LogP contribution in [0.1, 0.15) is 35.1 Å². The van der Waals surface area contributed by atoms with Crippen LogP contribution < -0.4 is 11.1 Å². The smallest absolute Gasteiger partial charge is 0.234 e. The number of carbonyl (C=O) groups is 1. The number of hydrogen-bond donors (Lipinski definition) is 3. The summed E-state index contributed by atoms with van der Waals surface area (Å²) in [5.74, 6) is 0.521. The number of fused-ring (bicyclic) bond motifs is 1. The van der Waals surface area contributed by atoms with Crippen LogP contribution in [0.2, 0.25) is 0 Å². The number of nitrogen functional groups attached to an aromatic ring is 1. The molecule has 1 amide bonds. The fourth-order valence-electron chi connectivity index (χ4n) is 4.21. The summed E-state index contributed by atoms with van der Waals surface area (Å²) in [5, 5.41) is 18.2. The van der Waals surface area contributed by atoms with E-state index in [0.717, 1.165) is 40.9 Å². The fourth-order valence-corrected chi connectivity index (χ4v) is 4.21. The van der Waals surface area contributed by atoms with Crippen LogP contribution in [0.5, 0.6) is 0 Å². The summed E-state index contributed by atoms with van der Waals surface area (Å²) >= 11 is 0. The molecule has 1 aliphatic heterocycles. The summed E-state index contributed by atoms with van der Waals surface area (Å²) in [6, 6.07) is 10.1. The molecular weight excluding hydrogens is 418 g/mol. The maximum absolute atomic E-state index is 12.1. The molecule has 1 fully saturated rings. The van der Waals surface area contributed by atoms with Crippen molar-refractivity contribution in [2.75, 3.05) is 25.4 Å². The molecule has 10 nitrogen and oxygen atoms in total. The molecule has 0 unspecified atom stereocenters. The van der Waals surface area contributed by atoms with Crippen molar-refractivity contribution in [3.05, 3.63) is 65.0 Å². The maximum Gasteiger partial charge on any atom is 0.234 e. The topological polar surface area (TPSA) is 131 Å². The first kappa shape index (κ1) is 21.1. The molecule has 0 aliphatic carbocycles. The third-order valence-corrected chi connectivity index (χ3v) is 5.90. The highest BCUT2D eigenvalue weighted by Gasteiger charge is 2.14. The Morgan fingerprint density at radius 1 is 1.12 bits per heavy atom. The van der Waals surface area contributed by atoms with Crippen molar-refractivity contribution in [1.82, 2.24) is 40.4 Å². The Hall–Kier alpha value is -3.79. The summed E-state index contributed by atoms with van der Waals surface area (Å²) in [6.07, 6.45) is 6.90. The number of benzene rings is 1. The molecule has 3 aromatic heterocycles. The summed E-state index contributed by atoms with van der Waals surface area (Å²) < 4.78 is 1.91. The highest BCUT2D eigenvalue weighted by Crippen LogP contribution is 2.19. The number of nitrogens with zero attached hydrogens (tertiary/aromatic N) is 6. The van der Waals surface area contributed by atoms with Crippen LogP contribution >= 0.6 is 0 Å². The van der Waals surface area contributed by atoms with Crippen LogP contribution in [0, 0.1) is 0 Å². The number of hydrogen-bond acceptors (Lipinski definition) is 7. The molecule has 170 valence electrons. The molecule has 0 atom stereocenters. The predicted molar refractivity (Wildman–Crippen MR) is 124 cm³/mol. The van der Waals surface area contributed by atoms with Gasteiger partial charge >= 0.3 is 0 Å². The normalized spacial score (nSPS) is 14.2. The Balaban J connectivity index is 1.16. The average Bonchev–Trinajstić information content (AvgIpc) is 3.56. The Morgan fingerprint density at radius 3 is 2.73 bits per heavy atom. The van der Waals surface area contributed by atoms with E-state index in [1.807, 2.05) is 23.1 Å². The van der Waals surface area contributed by atoms with Crippen LogP contribution in [0.4, 0.5) is 5.82 Å². The molecule has 1 saturated heterocycles. The van der Waals surface area contributed by atoms with E-state index in [-0.39, 0.29) is 5.91 Å². The van der Waals surface area contributed by atoms with Crippen molar-refractivity contribution >= 4 is 22.9 Å². The van der Waals surface area contributed by atoms with Gasteiger partial charge in [-0.05, 0) is 54.3 Å². The lowest BCUT2D eigenvalue weighted by molar-refractivity contribution is -0.122. The molecule has 0 radical (unpaired) electrons. The highest BCUT2D eigenvalue weighted by molar-refractivity contribution is 5.78. The molecule has 0 saturated carbocycles. The van der Waals surface area contributed by atoms with Crippen molar-refractivity contribution < 1.29 is 4.79 Å². The zero-order valence-electron chi connectivity index (χ0n) is 18.4. The third kappa shape index (κ3) is 5.17. The van der Waals surface area contributed by atoms with Gasteiger partial charge in [0.25, 0.3) is 0 Å². The Labute approximate surface area is 191 Å². The molecule has 4 N–H and O–H groups in total. The van der Waals surface area contributed by atoms with Gasteiger partial charge in [0.05, 0.1) is 19.3 Å². The van der Waals surface area contributed by atoms with Gasteiger partial charge in [0.1, 0.15) is 11.3 Å². The maximum atomic E-state index is 12.1. The third-order valence-electron chi connectivity index (χ3n) is 5.90. The molecule has 1 aromatic carbocycles. The van der Waals surface area contributed by atoms with Crippen LogP contribution in [-0.4, -0.2) is 60.6 Å². The van der Waals surface area contributed by atoms with Gasteiger partial charge in [0.2, 0.25) is 5.91 Å². The van der Waals surface area contributed by atoms with Crippen molar-refractivity contribution in [2.24, 2.45) is 0 Å². The Morgan fingerprint density at radius 2 is 1.91 bits per heavy atom. The lowest BCUT2D eigenvalue weighted by Gasteiger charge is -2.14. The van der Waals surface area contributed by atoms with E-state index >= 15 is 0 Å². The molecule has 0 spiro atoms. The molecule has 33 heavy (non-hydrogen) atoms. The zero-order chi connectivity index (χ0) is 22.6. The quantitative estimate of drug-likeness (QED) is 0.374. The predicted octanol–water partition coefficient (Wildman–Crippen LogP) is 1.48. The first-order valence-corrected chi connectivity index (χ1v) is 11.2. The van der Waals surface area contributed by atoms with Gasteiger partial charge in [-0.25, -0.2) is 10.1 Å². The van der Waals surface area contributed by atoms with Crippen molar-refractivity contribution in [3.63, 3.8) is 0 Å². The van der Waals surface area contributed by atoms with Gasteiger partial charge < -0.3 is 11.1 Å². The number of aromatic amines is 1. The molecule has 1 aliphatic rings. The van der Waals surface area contributed by atoms with E-state index in [2.05, 4.69) is 60.0 Å². The second-order valence-electron chi connectivity index (χ2n) is 8.51. The van der Waals surface area contributed by atoms with Crippen LogP contribution in [0.3, 0.4) is 0 Å². The average molecular weight is 446 g/mol. The minimum Gasteiger partial charge on any atom is -0.384 e. The molecule has 4 heterocycles. The number of carbonyl (C=O) groups excluding carboxylic acids is 1. The van der Waals surface area contributed by atoms with Crippen LogP contribution in [0.25, 0.3) is 11.2 Å². The molecule has 0 bridgehead atoms. The van der Waals surface area contributed by atoms with Crippen LogP contribution in [-0.2, 0) is 24.3 Å². The number of amides is 1. The number of likely N-dealkylation sites (tertiary alicyclic amines) is 1. The first-order chi connectivity index (χ1) is 16.1. The van der Waals surface area contributed by atoms with E-state index in [9.17, 15) is 4.79 Å². The molecule has 10 heteroatoms. The van der Waals surface area contributed by atoms with E-state index in [1.165, 1.54) is 12.8 Å². The monoisotopic (exact) mass is 445 g/mol. The van der Waals surface area contributed by atoms with Crippen LogP contribution in [0.15, 0.2) is 42.7 Å². The summed E-state index contributed by atoms with van der Waals surface area (Å²) in [5.41, 5.74) is 11.5. The number of pyridine rings is 1. The number of H-pyrrole nitrogens is 1. The highest BCUT2D eigenvalue weighted by atomic mass is 16.2.